The number of aromatic hydroxyl groups is 2. The molecule has 0 aliphatic rings. The van der Waals surface area contributed by atoms with Crippen LogP contribution in [-0.4, -0.2) is 31.7 Å². The Labute approximate surface area is 120 Å². The molecule has 0 saturated heterocycles. The second-order valence-electron chi connectivity index (χ2n) is 4.31. The molecular weight excluding hydrogens is 276 g/mol. The van der Waals surface area contributed by atoms with Gasteiger partial charge >= 0.3 is 0 Å². The molecular formula is C14H14N2O3S. The Morgan fingerprint density at radius 3 is 2.60 bits per heavy atom. The van der Waals surface area contributed by atoms with Crippen LogP contribution in [0.1, 0.15) is 21.9 Å². The number of phenolic OH excluding ortho intramolecular Hbond substituents is 2. The van der Waals surface area contributed by atoms with Gasteiger partial charge in [-0.2, -0.15) is 0 Å². The number of carbonyl (C=O) groups excluding carboxylic acids is 1. The van der Waals surface area contributed by atoms with E-state index in [2.05, 4.69) is 9.97 Å². The van der Waals surface area contributed by atoms with Gasteiger partial charge in [0.25, 0.3) is 0 Å². The van der Waals surface area contributed by atoms with Gasteiger partial charge in [0.05, 0.1) is 11.3 Å². The first-order valence-corrected chi connectivity index (χ1v) is 6.94. The maximum absolute atomic E-state index is 12.0. The third-order valence-corrected chi connectivity index (χ3v) is 3.49. The van der Waals surface area contributed by atoms with E-state index >= 15 is 0 Å². The molecule has 1 heterocycles. The average Bonchev–Trinajstić information content (AvgIpc) is 2.35. The lowest BCUT2D eigenvalue weighted by atomic mass is 10.1. The molecule has 5 nitrogen and oxygen atoms in total. The highest BCUT2D eigenvalue weighted by Gasteiger charge is 2.12. The van der Waals surface area contributed by atoms with Gasteiger partial charge in [-0.05, 0) is 32.0 Å². The van der Waals surface area contributed by atoms with Crippen molar-refractivity contribution < 1.29 is 15.0 Å². The zero-order valence-electron chi connectivity index (χ0n) is 11.1. The summed E-state index contributed by atoms with van der Waals surface area (Å²) in [6.07, 6.45) is 0. The van der Waals surface area contributed by atoms with Crippen molar-refractivity contribution in [1.29, 1.82) is 0 Å². The lowest BCUT2D eigenvalue weighted by molar-refractivity contribution is 0.102. The van der Waals surface area contributed by atoms with E-state index in [1.54, 1.807) is 6.92 Å². The first-order chi connectivity index (χ1) is 9.45. The Bertz CT molecular complexity index is 639. The van der Waals surface area contributed by atoms with Crippen molar-refractivity contribution in [3.05, 3.63) is 41.3 Å². The largest absolute Gasteiger partial charge is 0.508 e. The molecule has 0 unspecified atom stereocenters. The number of hydrogen-bond acceptors (Lipinski definition) is 6. The van der Waals surface area contributed by atoms with Gasteiger partial charge in [-0.15, -0.1) is 0 Å². The lowest BCUT2D eigenvalue weighted by Crippen LogP contribution is -2.03. The van der Waals surface area contributed by atoms with Gasteiger partial charge in [0.15, 0.2) is 5.78 Å². The molecule has 2 rings (SSSR count). The normalized spacial score (nSPS) is 10.5. The maximum atomic E-state index is 12.0. The van der Waals surface area contributed by atoms with Crippen molar-refractivity contribution in [2.75, 3.05) is 5.75 Å². The molecule has 0 saturated carbocycles. The number of rotatable bonds is 4. The second kappa shape index (κ2) is 5.92. The van der Waals surface area contributed by atoms with E-state index in [0.717, 1.165) is 16.8 Å². The number of Topliss-reactive ketones (excluding diaryl/α,β-unsaturated/α-hetero) is 1. The molecule has 1 aromatic carbocycles. The molecule has 0 bridgehead atoms. The van der Waals surface area contributed by atoms with Gasteiger partial charge < -0.3 is 10.2 Å². The maximum Gasteiger partial charge on any atom is 0.176 e. The standard InChI is InChI=1S/C14H14N2O3S/c1-8-5-14(16-9(2)15-8)20-7-13(19)11-4-3-10(17)6-12(11)18/h3-6,17-18H,7H2,1-2H3. The fraction of sp³-hybridized carbons (Fsp3) is 0.214. The molecule has 0 fully saturated rings. The van der Waals surface area contributed by atoms with E-state index in [9.17, 15) is 15.0 Å². The molecule has 0 aliphatic heterocycles. The second-order valence-corrected chi connectivity index (χ2v) is 5.30. The van der Waals surface area contributed by atoms with Gasteiger partial charge in [0.1, 0.15) is 22.3 Å². The Balaban J connectivity index is 2.08. The first kappa shape index (κ1) is 14.3. The van der Waals surface area contributed by atoms with E-state index in [-0.39, 0.29) is 28.6 Å². The third-order valence-electron chi connectivity index (χ3n) is 2.58. The number of phenols is 2. The van der Waals surface area contributed by atoms with Crippen molar-refractivity contribution in [3.8, 4) is 11.5 Å². The summed E-state index contributed by atoms with van der Waals surface area (Å²) in [5.41, 5.74) is 1.04. The highest BCUT2D eigenvalue weighted by molar-refractivity contribution is 7.99. The Hall–Kier alpha value is -2.08. The predicted molar refractivity (Wildman–Crippen MR) is 76.3 cm³/mol. The Morgan fingerprint density at radius 2 is 1.95 bits per heavy atom. The van der Waals surface area contributed by atoms with E-state index in [1.807, 2.05) is 13.0 Å². The number of carbonyl (C=O) groups is 1. The van der Waals surface area contributed by atoms with Crippen molar-refractivity contribution in [1.82, 2.24) is 9.97 Å². The van der Waals surface area contributed by atoms with Gasteiger partial charge in [0, 0.05) is 11.8 Å². The number of nitrogens with zero attached hydrogens (tertiary/aromatic N) is 2. The minimum atomic E-state index is -0.221. The summed E-state index contributed by atoms with van der Waals surface area (Å²) >= 11 is 1.29. The van der Waals surface area contributed by atoms with Crippen LogP contribution in [0.15, 0.2) is 29.3 Å². The first-order valence-electron chi connectivity index (χ1n) is 5.96. The SMILES string of the molecule is Cc1cc(SCC(=O)c2ccc(O)cc2O)nc(C)n1. The molecule has 0 aliphatic carbocycles. The number of benzene rings is 1. The van der Waals surface area contributed by atoms with Crippen LogP contribution in [-0.2, 0) is 0 Å². The Kier molecular flexibility index (Phi) is 4.24. The summed E-state index contributed by atoms with van der Waals surface area (Å²) in [5, 5.41) is 19.5. The molecule has 6 heteroatoms. The van der Waals surface area contributed by atoms with Gasteiger partial charge in [0.2, 0.25) is 0 Å². The minimum Gasteiger partial charge on any atom is -0.508 e. The van der Waals surface area contributed by atoms with Crippen molar-refractivity contribution >= 4 is 17.5 Å². The number of ketones is 1. The average molecular weight is 290 g/mol. The molecule has 2 aromatic rings. The van der Waals surface area contributed by atoms with Crippen LogP contribution < -0.4 is 0 Å². The molecule has 2 N–H and O–H groups in total. The van der Waals surface area contributed by atoms with Crippen molar-refractivity contribution in [2.45, 2.75) is 18.9 Å². The lowest BCUT2D eigenvalue weighted by Gasteiger charge is -2.05. The number of aromatic nitrogens is 2. The van der Waals surface area contributed by atoms with E-state index in [0.29, 0.717) is 5.82 Å². The van der Waals surface area contributed by atoms with Crippen LogP contribution in [0.4, 0.5) is 0 Å². The van der Waals surface area contributed by atoms with E-state index in [1.165, 1.54) is 23.9 Å². The van der Waals surface area contributed by atoms with Gasteiger partial charge in [-0.3, -0.25) is 4.79 Å². The van der Waals surface area contributed by atoms with Crippen molar-refractivity contribution in [2.24, 2.45) is 0 Å². The zero-order valence-corrected chi connectivity index (χ0v) is 11.9. The van der Waals surface area contributed by atoms with Crippen LogP contribution >= 0.6 is 11.8 Å². The molecule has 0 atom stereocenters. The van der Waals surface area contributed by atoms with Crippen LogP contribution in [0, 0.1) is 13.8 Å². The quantitative estimate of drug-likeness (QED) is 0.511. The number of hydrogen-bond donors (Lipinski definition) is 2. The zero-order chi connectivity index (χ0) is 14.7. The van der Waals surface area contributed by atoms with Crippen LogP contribution in [0.3, 0.4) is 0 Å². The monoisotopic (exact) mass is 290 g/mol. The molecule has 1 aromatic heterocycles. The fourth-order valence-corrected chi connectivity index (χ4v) is 2.61. The van der Waals surface area contributed by atoms with E-state index in [4.69, 9.17) is 0 Å². The minimum absolute atomic E-state index is 0.0752. The summed E-state index contributed by atoms with van der Waals surface area (Å²) in [4.78, 5) is 20.4. The highest BCUT2D eigenvalue weighted by atomic mass is 32.2. The molecule has 104 valence electrons. The Morgan fingerprint density at radius 1 is 1.20 bits per heavy atom. The summed E-state index contributed by atoms with van der Waals surface area (Å²) in [5.74, 6) is 0.307. The van der Waals surface area contributed by atoms with E-state index < -0.39 is 0 Å². The highest BCUT2D eigenvalue weighted by Crippen LogP contribution is 2.25. The number of aryl methyl sites for hydroxylation is 2. The predicted octanol–water partition coefficient (Wildman–Crippen LogP) is 2.48. The van der Waals surface area contributed by atoms with Gasteiger partial charge in [-0.1, -0.05) is 11.8 Å². The molecule has 0 amide bonds. The summed E-state index contributed by atoms with van der Waals surface area (Å²) in [7, 11) is 0. The van der Waals surface area contributed by atoms with Crippen molar-refractivity contribution in [3.63, 3.8) is 0 Å². The summed E-state index contributed by atoms with van der Waals surface area (Å²) in [6, 6.07) is 5.74. The molecule has 20 heavy (non-hydrogen) atoms. The third kappa shape index (κ3) is 3.48. The number of thioether (sulfide) groups is 1. The van der Waals surface area contributed by atoms with Crippen LogP contribution in [0.2, 0.25) is 0 Å². The smallest absolute Gasteiger partial charge is 0.176 e. The molecule has 0 spiro atoms. The fourth-order valence-electron chi connectivity index (χ4n) is 1.73. The topological polar surface area (TPSA) is 83.3 Å². The molecule has 0 radical (unpaired) electrons. The van der Waals surface area contributed by atoms with Gasteiger partial charge in [-0.25, -0.2) is 9.97 Å². The summed E-state index contributed by atoms with van der Waals surface area (Å²) < 4.78 is 0. The summed E-state index contributed by atoms with van der Waals surface area (Å²) in [6.45, 7) is 3.66. The van der Waals surface area contributed by atoms with Crippen LogP contribution in [0.25, 0.3) is 0 Å². The van der Waals surface area contributed by atoms with Crippen LogP contribution in [0.5, 0.6) is 11.5 Å².